The molecule has 5 rings (SSSR count). The zero-order chi connectivity index (χ0) is 27.3. The van der Waals surface area contributed by atoms with E-state index in [4.69, 9.17) is 4.98 Å². The summed E-state index contributed by atoms with van der Waals surface area (Å²) in [5, 5.41) is 1.19. The summed E-state index contributed by atoms with van der Waals surface area (Å²) in [7, 11) is 2.11. The number of fused-ring (bicyclic) bond motifs is 3. The van der Waals surface area contributed by atoms with E-state index in [0.717, 1.165) is 23.4 Å². The SMILES string of the molecule is C=C1N(C)c2cnc3cc(C)c(C(/C=C\C)=C/C)cc3c2N1C1=CC(C)CCC=C1C1CC1.CC.CC. The zero-order valence-electron chi connectivity index (χ0n) is 24.7. The molecule has 1 fully saturated rings. The number of aromatic nitrogens is 1. The molecule has 3 nitrogen and oxygen atoms in total. The van der Waals surface area contributed by atoms with Gasteiger partial charge < -0.3 is 4.90 Å². The van der Waals surface area contributed by atoms with E-state index in [1.165, 1.54) is 58.3 Å². The van der Waals surface area contributed by atoms with Crippen LogP contribution in [0, 0.1) is 18.8 Å². The quantitative estimate of drug-likeness (QED) is 0.392. The first-order valence-electron chi connectivity index (χ1n) is 14.3. The van der Waals surface area contributed by atoms with Gasteiger partial charge >= 0.3 is 0 Å². The van der Waals surface area contributed by atoms with E-state index in [1.807, 2.05) is 33.9 Å². The Bertz CT molecular complexity index is 1250. The smallest absolute Gasteiger partial charge is 0.110 e. The van der Waals surface area contributed by atoms with E-state index in [1.54, 1.807) is 0 Å². The molecule has 2 aliphatic carbocycles. The largest absolute Gasteiger partial charge is 0.328 e. The van der Waals surface area contributed by atoms with E-state index in [2.05, 4.69) is 93.6 Å². The summed E-state index contributed by atoms with van der Waals surface area (Å²) in [6.45, 7) is 21.2. The molecule has 1 aliphatic heterocycles. The first kappa shape index (κ1) is 28.5. The first-order valence-corrected chi connectivity index (χ1v) is 14.3. The van der Waals surface area contributed by atoms with Gasteiger partial charge in [-0.2, -0.15) is 0 Å². The van der Waals surface area contributed by atoms with Crippen LogP contribution in [-0.4, -0.2) is 12.0 Å². The fraction of sp³-hybridized carbons (Fsp3) is 0.441. The van der Waals surface area contributed by atoms with Crippen LogP contribution in [0.5, 0.6) is 0 Å². The predicted octanol–water partition coefficient (Wildman–Crippen LogP) is 9.95. The first-order chi connectivity index (χ1) is 17.9. The van der Waals surface area contributed by atoms with Crippen molar-refractivity contribution in [1.29, 1.82) is 0 Å². The number of pyridine rings is 1. The number of aryl methyl sites for hydroxylation is 1. The molecular formula is C34H47N3. The Kier molecular flexibility index (Phi) is 9.59. The fourth-order valence-electron chi connectivity index (χ4n) is 5.34. The van der Waals surface area contributed by atoms with Gasteiger partial charge in [-0.05, 0) is 92.7 Å². The van der Waals surface area contributed by atoms with Crippen LogP contribution in [0.2, 0.25) is 0 Å². The van der Waals surface area contributed by atoms with Crippen LogP contribution in [-0.2, 0) is 0 Å². The zero-order valence-corrected chi connectivity index (χ0v) is 24.7. The van der Waals surface area contributed by atoms with Crippen molar-refractivity contribution in [2.24, 2.45) is 11.8 Å². The number of hydrogen-bond acceptors (Lipinski definition) is 3. The van der Waals surface area contributed by atoms with Gasteiger partial charge in [0.2, 0.25) is 0 Å². The molecule has 2 aromatic rings. The Labute approximate surface area is 226 Å². The summed E-state index contributed by atoms with van der Waals surface area (Å²) in [5.41, 5.74) is 10.00. The van der Waals surface area contributed by atoms with Gasteiger partial charge in [-0.3, -0.25) is 9.88 Å². The van der Waals surface area contributed by atoms with Crippen LogP contribution in [0.3, 0.4) is 0 Å². The molecule has 0 saturated heterocycles. The average Bonchev–Trinajstić information content (AvgIpc) is 3.74. The third-order valence-electron chi connectivity index (χ3n) is 7.35. The molecule has 37 heavy (non-hydrogen) atoms. The van der Waals surface area contributed by atoms with Gasteiger partial charge in [0.25, 0.3) is 0 Å². The van der Waals surface area contributed by atoms with E-state index >= 15 is 0 Å². The normalized spacial score (nSPS) is 19.5. The fourth-order valence-corrected chi connectivity index (χ4v) is 5.34. The summed E-state index contributed by atoms with van der Waals surface area (Å²) < 4.78 is 0. The molecule has 1 aromatic heterocycles. The summed E-state index contributed by atoms with van der Waals surface area (Å²) >= 11 is 0. The topological polar surface area (TPSA) is 19.4 Å². The van der Waals surface area contributed by atoms with Crippen molar-refractivity contribution in [2.75, 3.05) is 16.8 Å². The minimum atomic E-state index is 0.546. The number of benzene rings is 1. The Hall–Kier alpha value is -3.07. The summed E-state index contributed by atoms with van der Waals surface area (Å²) in [5.74, 6) is 2.25. The molecule has 0 radical (unpaired) electrons. The van der Waals surface area contributed by atoms with E-state index in [0.29, 0.717) is 11.8 Å². The van der Waals surface area contributed by atoms with Gasteiger partial charge in [-0.1, -0.05) is 71.6 Å². The van der Waals surface area contributed by atoms with Crippen molar-refractivity contribution in [2.45, 2.75) is 81.1 Å². The lowest BCUT2D eigenvalue weighted by Crippen LogP contribution is -2.26. The second kappa shape index (κ2) is 12.4. The standard InChI is InChI=1S/C30H35N3.2C2H6/c1-7-10-22(8-2)25-17-26-27(16-20(25)4)31-18-29-30(26)33(21(5)32(29)6)28-15-19(3)11-9-12-24(28)23-13-14-23;2*1-2/h7-8,10,12,15-19,23H,5,9,11,13-14H2,1-4,6H3;2*1-2H3/b10-7-,22-8+;;. The van der Waals surface area contributed by atoms with Crippen LogP contribution in [0.4, 0.5) is 11.4 Å². The number of anilines is 2. The van der Waals surface area contributed by atoms with Gasteiger partial charge in [0.1, 0.15) is 5.82 Å². The average molecular weight is 498 g/mol. The van der Waals surface area contributed by atoms with Gasteiger partial charge in [-0.15, -0.1) is 0 Å². The maximum atomic E-state index is 4.87. The molecule has 3 heteroatoms. The summed E-state index contributed by atoms with van der Waals surface area (Å²) in [4.78, 5) is 9.49. The van der Waals surface area contributed by atoms with E-state index in [-0.39, 0.29) is 0 Å². The molecule has 2 heterocycles. The molecule has 1 saturated carbocycles. The third kappa shape index (κ3) is 5.46. The van der Waals surface area contributed by atoms with Crippen LogP contribution in [0.1, 0.15) is 85.3 Å². The van der Waals surface area contributed by atoms with Crippen LogP contribution >= 0.6 is 0 Å². The Morgan fingerprint density at radius 1 is 1.08 bits per heavy atom. The number of rotatable bonds is 4. The molecule has 1 atom stereocenters. The Morgan fingerprint density at radius 2 is 1.78 bits per heavy atom. The van der Waals surface area contributed by atoms with Gasteiger partial charge in [0, 0.05) is 18.1 Å². The van der Waals surface area contributed by atoms with Crippen molar-refractivity contribution >= 4 is 27.9 Å². The maximum absolute atomic E-state index is 4.87. The molecule has 0 amide bonds. The second-order valence-corrected chi connectivity index (χ2v) is 9.77. The molecule has 198 valence electrons. The molecule has 0 bridgehead atoms. The highest BCUT2D eigenvalue weighted by Gasteiger charge is 2.38. The van der Waals surface area contributed by atoms with Gasteiger partial charge in [0.15, 0.2) is 0 Å². The number of nitrogens with zero attached hydrogens (tertiary/aromatic N) is 3. The highest BCUT2D eigenvalue weighted by molar-refractivity contribution is 6.05. The van der Waals surface area contributed by atoms with E-state index in [9.17, 15) is 0 Å². The van der Waals surface area contributed by atoms with Gasteiger partial charge in [0.05, 0.1) is 23.1 Å². The van der Waals surface area contributed by atoms with Crippen LogP contribution in [0.15, 0.2) is 72.4 Å². The molecule has 1 aromatic carbocycles. The maximum Gasteiger partial charge on any atom is 0.110 e. The molecule has 1 unspecified atom stereocenters. The predicted molar refractivity (Wildman–Crippen MR) is 165 cm³/mol. The molecule has 0 spiro atoms. The van der Waals surface area contributed by atoms with Crippen molar-refractivity contribution in [3.63, 3.8) is 0 Å². The summed E-state index contributed by atoms with van der Waals surface area (Å²) in [6.07, 6.45) is 18.5. The lowest BCUT2D eigenvalue weighted by Gasteiger charge is -2.27. The van der Waals surface area contributed by atoms with Crippen molar-refractivity contribution in [3.8, 4) is 0 Å². The van der Waals surface area contributed by atoms with Crippen molar-refractivity contribution < 1.29 is 0 Å². The third-order valence-corrected chi connectivity index (χ3v) is 7.35. The highest BCUT2D eigenvalue weighted by Crippen LogP contribution is 2.51. The minimum Gasteiger partial charge on any atom is -0.328 e. The molecular weight excluding hydrogens is 450 g/mol. The molecule has 0 N–H and O–H groups in total. The number of hydrogen-bond donors (Lipinski definition) is 0. The Balaban J connectivity index is 0.000000907. The lowest BCUT2D eigenvalue weighted by molar-refractivity contribution is 0.659. The summed E-state index contributed by atoms with van der Waals surface area (Å²) in [6, 6.07) is 4.57. The minimum absolute atomic E-state index is 0.546. The van der Waals surface area contributed by atoms with Crippen LogP contribution < -0.4 is 9.80 Å². The van der Waals surface area contributed by atoms with Crippen molar-refractivity contribution in [3.05, 3.63) is 83.5 Å². The molecule has 3 aliphatic rings. The highest BCUT2D eigenvalue weighted by atomic mass is 15.4. The lowest BCUT2D eigenvalue weighted by atomic mass is 9.96. The second-order valence-electron chi connectivity index (χ2n) is 9.77. The van der Waals surface area contributed by atoms with Crippen molar-refractivity contribution in [1.82, 2.24) is 4.98 Å². The number of allylic oxidation sites excluding steroid dienone is 7. The Morgan fingerprint density at radius 3 is 2.41 bits per heavy atom. The van der Waals surface area contributed by atoms with E-state index < -0.39 is 0 Å². The van der Waals surface area contributed by atoms with Gasteiger partial charge in [-0.25, -0.2) is 0 Å². The van der Waals surface area contributed by atoms with Crippen LogP contribution in [0.25, 0.3) is 16.5 Å². The monoisotopic (exact) mass is 497 g/mol.